The molecular weight excluding hydrogens is 546 g/mol. The Kier molecular flexibility index (Phi) is 8.31. The molecule has 4 aliphatic rings. The van der Waals surface area contributed by atoms with Gasteiger partial charge >= 0.3 is 0 Å². The Morgan fingerprint density at radius 1 is 1.10 bits per heavy atom. The summed E-state index contributed by atoms with van der Waals surface area (Å²) in [4.78, 5) is 12.5. The Balaban J connectivity index is 1.28. The Morgan fingerprint density at radius 2 is 1.83 bits per heavy atom. The molecule has 0 radical (unpaired) electrons. The van der Waals surface area contributed by atoms with Gasteiger partial charge in [-0.05, 0) is 110 Å². The highest BCUT2D eigenvalue weighted by Crippen LogP contribution is 2.68. The molecule has 5 unspecified atom stereocenters. The fourth-order valence-corrected chi connectivity index (χ4v) is 10.6. The van der Waals surface area contributed by atoms with E-state index in [-0.39, 0.29) is 76.2 Å². The van der Waals surface area contributed by atoms with Crippen molar-refractivity contribution in [1.82, 2.24) is 0 Å². The second kappa shape index (κ2) is 11.1. The number of benzene rings is 1. The molecule has 41 heavy (non-hydrogen) atoms. The molecular formula is C31H47NO8S. The van der Waals surface area contributed by atoms with Crippen LogP contribution < -0.4 is 10.1 Å². The van der Waals surface area contributed by atoms with Crippen LogP contribution in [0.25, 0.3) is 0 Å². The van der Waals surface area contributed by atoms with Gasteiger partial charge in [-0.2, -0.15) is 8.42 Å². The number of aliphatic hydroxyl groups excluding tert-OH is 3. The minimum absolute atomic E-state index is 0.0287. The zero-order valence-electron chi connectivity index (χ0n) is 24.6. The van der Waals surface area contributed by atoms with E-state index < -0.39 is 27.2 Å². The average molecular weight is 594 g/mol. The lowest BCUT2D eigenvalue weighted by molar-refractivity contribution is -0.207. The molecule has 0 heterocycles. The number of para-hydroxylation sites is 1. The van der Waals surface area contributed by atoms with Crippen molar-refractivity contribution in [3.63, 3.8) is 0 Å². The van der Waals surface area contributed by atoms with Crippen LogP contribution in [0.5, 0.6) is 5.75 Å². The number of hydrogen-bond acceptors (Lipinski definition) is 7. The summed E-state index contributed by atoms with van der Waals surface area (Å²) in [7, 11) is -3.24. The van der Waals surface area contributed by atoms with Crippen molar-refractivity contribution in [3.05, 3.63) is 18.2 Å². The van der Waals surface area contributed by atoms with E-state index in [0.29, 0.717) is 12.8 Å². The van der Waals surface area contributed by atoms with Crippen LogP contribution in [-0.2, 0) is 14.9 Å². The Bertz CT molecular complexity index is 1250. The number of methoxy groups -OCH3 is 1. The van der Waals surface area contributed by atoms with Gasteiger partial charge in [0, 0.05) is 6.42 Å². The topological polar surface area (TPSA) is 153 Å². The maximum Gasteiger partial charge on any atom is 0.298 e. The zero-order valence-corrected chi connectivity index (χ0v) is 25.4. The van der Waals surface area contributed by atoms with Crippen molar-refractivity contribution in [2.45, 2.75) is 102 Å². The standard InChI is InChI=1S/C31H47NO8S/c1-17(8-11-27(36)32-23-6-5-7-25(29(23)40-4)41(37,38)39)20-9-10-21-28-22(16-26(35)31(20,21)3)30(2)13-12-19(33)14-18(30)15-24(28)34/h5-7,17-22,24,26,28,33-35H,8-16H2,1-4H3,(H,32,36)(H,37,38,39)/t17?,18?,19-,20-,21?,22?,24-,26+,28?,30+,31-/m1/s1. The van der Waals surface area contributed by atoms with E-state index in [2.05, 4.69) is 26.1 Å². The summed E-state index contributed by atoms with van der Waals surface area (Å²) in [6.07, 6.45) is 5.37. The second-order valence-electron chi connectivity index (χ2n) is 13.9. The highest BCUT2D eigenvalue weighted by molar-refractivity contribution is 7.86. The summed E-state index contributed by atoms with van der Waals surface area (Å²) in [6.45, 7) is 6.67. The fourth-order valence-electron chi connectivity index (χ4n) is 9.93. The zero-order chi connectivity index (χ0) is 29.9. The number of aliphatic hydroxyl groups is 3. The first kappa shape index (κ1) is 30.7. The van der Waals surface area contributed by atoms with Gasteiger partial charge in [0.15, 0.2) is 5.75 Å². The highest BCUT2D eigenvalue weighted by Gasteiger charge is 2.65. The summed E-state index contributed by atoms with van der Waals surface area (Å²) in [5.41, 5.74) is -0.140. The number of carbonyl (C=O) groups is 1. The minimum atomic E-state index is -4.52. The fraction of sp³-hybridized carbons (Fsp3) is 0.774. The molecule has 1 aromatic carbocycles. The molecule has 0 saturated heterocycles. The summed E-state index contributed by atoms with van der Waals surface area (Å²) in [5.74, 6) is 0.842. The lowest BCUT2D eigenvalue weighted by atomic mass is 9.43. The average Bonchev–Trinajstić information content (AvgIpc) is 3.26. The third kappa shape index (κ3) is 5.22. The molecule has 10 heteroatoms. The Morgan fingerprint density at radius 3 is 2.51 bits per heavy atom. The maximum absolute atomic E-state index is 12.9. The summed E-state index contributed by atoms with van der Waals surface area (Å²) in [6, 6.07) is 4.17. The number of carbonyl (C=O) groups excluding carboxylic acids is 1. The molecule has 0 aliphatic heterocycles. The van der Waals surface area contributed by atoms with Crippen molar-refractivity contribution in [3.8, 4) is 5.75 Å². The monoisotopic (exact) mass is 593 g/mol. The number of nitrogens with one attached hydrogen (secondary N) is 1. The molecule has 4 aliphatic carbocycles. The molecule has 4 saturated carbocycles. The molecule has 5 N–H and O–H groups in total. The van der Waals surface area contributed by atoms with Crippen LogP contribution in [0.1, 0.15) is 78.6 Å². The highest BCUT2D eigenvalue weighted by atomic mass is 32.2. The van der Waals surface area contributed by atoms with E-state index in [9.17, 15) is 33.1 Å². The van der Waals surface area contributed by atoms with E-state index in [0.717, 1.165) is 38.5 Å². The van der Waals surface area contributed by atoms with Gasteiger partial charge in [-0.1, -0.05) is 26.8 Å². The third-order valence-corrected chi connectivity index (χ3v) is 13.0. The van der Waals surface area contributed by atoms with E-state index in [4.69, 9.17) is 4.74 Å². The Hall–Kier alpha value is -1.72. The molecule has 5 rings (SSSR count). The van der Waals surface area contributed by atoms with Gasteiger partial charge in [0.25, 0.3) is 10.1 Å². The van der Waals surface area contributed by atoms with Gasteiger partial charge in [0.2, 0.25) is 5.91 Å². The molecule has 230 valence electrons. The van der Waals surface area contributed by atoms with Crippen LogP contribution >= 0.6 is 0 Å². The number of anilines is 1. The normalized spacial score (nSPS) is 41.1. The molecule has 0 aromatic heterocycles. The number of rotatable bonds is 7. The molecule has 11 atom stereocenters. The van der Waals surface area contributed by atoms with Crippen molar-refractivity contribution in [1.29, 1.82) is 0 Å². The lowest BCUT2D eigenvalue weighted by Crippen LogP contribution is -2.62. The van der Waals surface area contributed by atoms with Crippen LogP contribution in [0, 0.1) is 46.3 Å². The molecule has 0 bridgehead atoms. The number of fused-ring (bicyclic) bond motifs is 5. The molecule has 1 aromatic rings. The van der Waals surface area contributed by atoms with Gasteiger partial charge in [-0.3, -0.25) is 9.35 Å². The molecule has 9 nitrogen and oxygen atoms in total. The van der Waals surface area contributed by atoms with Crippen LogP contribution in [0.4, 0.5) is 5.69 Å². The van der Waals surface area contributed by atoms with Crippen molar-refractivity contribution in [2.24, 2.45) is 46.3 Å². The van der Waals surface area contributed by atoms with E-state index >= 15 is 0 Å². The van der Waals surface area contributed by atoms with E-state index in [1.165, 1.54) is 25.3 Å². The maximum atomic E-state index is 12.9. The van der Waals surface area contributed by atoms with Gasteiger partial charge in [0.1, 0.15) is 4.90 Å². The van der Waals surface area contributed by atoms with E-state index in [1.54, 1.807) is 0 Å². The molecule has 1 amide bonds. The first-order valence-electron chi connectivity index (χ1n) is 15.2. The number of ether oxygens (including phenoxy) is 1. The van der Waals surface area contributed by atoms with Crippen molar-refractivity contribution in [2.75, 3.05) is 12.4 Å². The lowest BCUT2D eigenvalue weighted by Gasteiger charge is -2.63. The predicted molar refractivity (Wildman–Crippen MR) is 154 cm³/mol. The smallest absolute Gasteiger partial charge is 0.298 e. The summed E-state index contributed by atoms with van der Waals surface area (Å²) in [5, 5.41) is 36.3. The number of hydrogen-bond donors (Lipinski definition) is 5. The molecule has 4 fully saturated rings. The van der Waals surface area contributed by atoms with Crippen molar-refractivity contribution < 1.29 is 37.8 Å². The SMILES string of the molecule is COc1c(NC(=O)CCC(C)[C@H]2CCC3C4C(C[C@H](O)[C@@]32C)[C@@]2(C)CC[C@@H](O)CC2C[C@H]4O)cccc1S(=O)(=O)O. The second-order valence-corrected chi connectivity index (χ2v) is 15.3. The minimum Gasteiger partial charge on any atom is -0.493 e. The quantitative estimate of drug-likeness (QED) is 0.294. The van der Waals surface area contributed by atoms with Crippen LogP contribution in [0.2, 0.25) is 0 Å². The molecule has 0 spiro atoms. The summed E-state index contributed by atoms with van der Waals surface area (Å²) >= 11 is 0. The predicted octanol–water partition coefficient (Wildman–Crippen LogP) is 4.26. The van der Waals surface area contributed by atoms with Crippen molar-refractivity contribution >= 4 is 21.7 Å². The summed E-state index contributed by atoms with van der Waals surface area (Å²) < 4.78 is 38.1. The van der Waals surface area contributed by atoms with Gasteiger partial charge < -0.3 is 25.4 Å². The third-order valence-electron chi connectivity index (χ3n) is 12.1. The first-order chi connectivity index (χ1) is 19.2. The Labute approximate surface area is 243 Å². The van der Waals surface area contributed by atoms with Gasteiger partial charge in [-0.25, -0.2) is 0 Å². The van der Waals surface area contributed by atoms with E-state index in [1.807, 2.05) is 0 Å². The van der Waals surface area contributed by atoms with Gasteiger partial charge in [0.05, 0.1) is 31.1 Å². The van der Waals surface area contributed by atoms with Crippen LogP contribution in [0.3, 0.4) is 0 Å². The first-order valence-corrected chi connectivity index (χ1v) is 16.6. The van der Waals surface area contributed by atoms with Crippen LogP contribution in [-0.4, -0.2) is 59.6 Å². The largest absolute Gasteiger partial charge is 0.493 e. The van der Waals surface area contributed by atoms with Gasteiger partial charge in [-0.15, -0.1) is 0 Å². The van der Waals surface area contributed by atoms with Crippen LogP contribution in [0.15, 0.2) is 23.1 Å². The number of amides is 1.